The smallest absolute Gasteiger partial charge is 0.195 e. The van der Waals surface area contributed by atoms with Crippen LogP contribution in [0.25, 0.3) is 27.6 Å². The van der Waals surface area contributed by atoms with Crippen LogP contribution in [0.5, 0.6) is 0 Å². The molecule has 0 spiro atoms. The Labute approximate surface area is 153 Å². The number of aromatic nitrogens is 4. The first-order chi connectivity index (χ1) is 12.7. The van der Waals surface area contributed by atoms with Crippen molar-refractivity contribution in [3.05, 3.63) is 53.9 Å². The van der Waals surface area contributed by atoms with Gasteiger partial charge in [-0.3, -0.25) is 0 Å². The Morgan fingerprint density at radius 1 is 1.12 bits per heavy atom. The zero-order valence-electron chi connectivity index (χ0n) is 13.8. The van der Waals surface area contributed by atoms with Gasteiger partial charge in [-0.1, -0.05) is 18.2 Å². The van der Waals surface area contributed by atoms with Gasteiger partial charge in [0.05, 0.1) is 23.3 Å². The average Bonchev–Trinajstić information content (AvgIpc) is 3.35. The van der Waals surface area contributed by atoms with Gasteiger partial charge >= 0.3 is 0 Å². The molecule has 4 rings (SSSR count). The predicted octanol–water partition coefficient (Wildman–Crippen LogP) is 2.28. The van der Waals surface area contributed by atoms with E-state index < -0.39 is 6.10 Å². The van der Waals surface area contributed by atoms with Crippen LogP contribution in [0.2, 0.25) is 0 Å². The summed E-state index contributed by atoms with van der Waals surface area (Å²) < 4.78 is 1.75. The number of fused-ring (bicyclic) bond motifs is 1. The van der Waals surface area contributed by atoms with E-state index in [9.17, 15) is 5.11 Å². The van der Waals surface area contributed by atoms with Crippen LogP contribution in [0.1, 0.15) is 0 Å². The van der Waals surface area contributed by atoms with Crippen LogP contribution in [0.3, 0.4) is 0 Å². The molecule has 0 radical (unpaired) electrons. The standard InChI is InChI=1S/C18H17N5O2S/c24-11-14(25)10-19-13-4-1-3-12(9-13)15-6-7-17-20-21-18(23(17)22-15)16-5-2-8-26-16/h1-9,14,19,24-25H,10-11H2. The van der Waals surface area contributed by atoms with Crippen molar-refractivity contribution in [3.63, 3.8) is 0 Å². The molecule has 0 aliphatic rings. The summed E-state index contributed by atoms with van der Waals surface area (Å²) in [5.74, 6) is 0.720. The lowest BCUT2D eigenvalue weighted by atomic mass is 10.1. The number of aliphatic hydroxyl groups is 2. The molecule has 0 saturated heterocycles. The number of rotatable bonds is 6. The number of hydrogen-bond acceptors (Lipinski definition) is 7. The molecule has 132 valence electrons. The Hall–Kier alpha value is -2.81. The number of thiophene rings is 1. The van der Waals surface area contributed by atoms with Gasteiger partial charge in [0.2, 0.25) is 0 Å². The summed E-state index contributed by atoms with van der Waals surface area (Å²) in [7, 11) is 0. The van der Waals surface area contributed by atoms with Crippen molar-refractivity contribution in [1.82, 2.24) is 19.8 Å². The predicted molar refractivity (Wildman–Crippen MR) is 101 cm³/mol. The molecule has 8 heteroatoms. The van der Waals surface area contributed by atoms with Crippen molar-refractivity contribution in [2.24, 2.45) is 0 Å². The number of aliphatic hydroxyl groups excluding tert-OH is 2. The second kappa shape index (κ2) is 7.20. The number of nitrogens with one attached hydrogen (secondary N) is 1. The Kier molecular flexibility index (Phi) is 4.61. The maximum absolute atomic E-state index is 9.48. The topological polar surface area (TPSA) is 95.6 Å². The molecule has 3 aromatic heterocycles. The minimum Gasteiger partial charge on any atom is -0.394 e. The molecule has 0 aliphatic heterocycles. The summed E-state index contributed by atoms with van der Waals surface area (Å²) in [4.78, 5) is 1.01. The lowest BCUT2D eigenvalue weighted by Crippen LogP contribution is -2.22. The molecule has 1 unspecified atom stereocenters. The molecular formula is C18H17N5O2S. The summed E-state index contributed by atoms with van der Waals surface area (Å²) in [6.07, 6.45) is -0.793. The highest BCUT2D eigenvalue weighted by Crippen LogP contribution is 2.25. The molecule has 0 fully saturated rings. The Balaban J connectivity index is 1.67. The van der Waals surface area contributed by atoms with E-state index >= 15 is 0 Å². The lowest BCUT2D eigenvalue weighted by Gasteiger charge is -2.11. The van der Waals surface area contributed by atoms with Gasteiger partial charge in [-0.15, -0.1) is 21.5 Å². The normalized spacial score (nSPS) is 12.4. The van der Waals surface area contributed by atoms with Crippen LogP contribution < -0.4 is 5.32 Å². The van der Waals surface area contributed by atoms with Crippen molar-refractivity contribution < 1.29 is 10.2 Å². The first kappa shape index (κ1) is 16.6. The fourth-order valence-corrected chi connectivity index (χ4v) is 3.28. The second-order valence-electron chi connectivity index (χ2n) is 5.79. The third kappa shape index (κ3) is 3.30. The second-order valence-corrected chi connectivity index (χ2v) is 6.74. The zero-order chi connectivity index (χ0) is 17.9. The third-order valence-electron chi connectivity index (χ3n) is 3.92. The fourth-order valence-electron chi connectivity index (χ4n) is 2.59. The number of benzene rings is 1. The number of hydrogen-bond donors (Lipinski definition) is 3. The van der Waals surface area contributed by atoms with Crippen molar-refractivity contribution in [2.45, 2.75) is 6.10 Å². The molecule has 1 atom stereocenters. The van der Waals surface area contributed by atoms with E-state index in [0.29, 0.717) is 5.65 Å². The summed E-state index contributed by atoms with van der Waals surface area (Å²) in [5.41, 5.74) is 3.26. The average molecular weight is 367 g/mol. The first-order valence-corrected chi connectivity index (χ1v) is 9.02. The largest absolute Gasteiger partial charge is 0.394 e. The van der Waals surface area contributed by atoms with Crippen LogP contribution in [-0.4, -0.2) is 49.3 Å². The van der Waals surface area contributed by atoms with Crippen LogP contribution in [0, 0.1) is 0 Å². The minimum absolute atomic E-state index is 0.274. The van der Waals surface area contributed by atoms with Gasteiger partial charge in [-0.05, 0) is 35.7 Å². The van der Waals surface area contributed by atoms with E-state index in [-0.39, 0.29) is 13.2 Å². The molecule has 4 aromatic rings. The Morgan fingerprint density at radius 3 is 2.85 bits per heavy atom. The molecule has 0 aliphatic carbocycles. The van der Waals surface area contributed by atoms with Gasteiger partial charge in [0.15, 0.2) is 11.5 Å². The quantitative estimate of drug-likeness (QED) is 0.484. The van der Waals surface area contributed by atoms with E-state index in [1.165, 1.54) is 0 Å². The third-order valence-corrected chi connectivity index (χ3v) is 4.78. The molecular weight excluding hydrogens is 350 g/mol. The van der Waals surface area contributed by atoms with Gasteiger partial charge in [-0.25, -0.2) is 0 Å². The summed E-state index contributed by atoms with van der Waals surface area (Å²) in [6.45, 7) is 0.00439. The van der Waals surface area contributed by atoms with Gasteiger partial charge in [0.25, 0.3) is 0 Å². The lowest BCUT2D eigenvalue weighted by molar-refractivity contribution is 0.105. The maximum atomic E-state index is 9.48. The zero-order valence-corrected chi connectivity index (χ0v) is 14.6. The van der Waals surface area contributed by atoms with Crippen LogP contribution >= 0.6 is 11.3 Å². The highest BCUT2D eigenvalue weighted by Gasteiger charge is 2.12. The van der Waals surface area contributed by atoms with Crippen molar-refractivity contribution in [2.75, 3.05) is 18.5 Å². The van der Waals surface area contributed by atoms with E-state index in [0.717, 1.165) is 27.6 Å². The van der Waals surface area contributed by atoms with Crippen molar-refractivity contribution in [1.29, 1.82) is 0 Å². The molecule has 1 aromatic carbocycles. The molecule has 0 saturated carbocycles. The van der Waals surface area contributed by atoms with E-state index in [4.69, 9.17) is 10.2 Å². The van der Waals surface area contributed by atoms with E-state index in [2.05, 4.69) is 15.5 Å². The highest BCUT2D eigenvalue weighted by atomic mass is 32.1. The molecule has 7 nitrogen and oxygen atoms in total. The van der Waals surface area contributed by atoms with Crippen molar-refractivity contribution in [3.8, 4) is 22.0 Å². The Morgan fingerprint density at radius 2 is 2.04 bits per heavy atom. The Bertz CT molecular complexity index is 1020. The van der Waals surface area contributed by atoms with Crippen LogP contribution in [-0.2, 0) is 0 Å². The van der Waals surface area contributed by atoms with Crippen LogP contribution in [0.15, 0.2) is 53.9 Å². The summed E-state index contributed by atoms with van der Waals surface area (Å²) >= 11 is 1.59. The maximum Gasteiger partial charge on any atom is 0.195 e. The van der Waals surface area contributed by atoms with Crippen LogP contribution in [0.4, 0.5) is 5.69 Å². The van der Waals surface area contributed by atoms with Crippen molar-refractivity contribution >= 4 is 22.7 Å². The summed E-state index contributed by atoms with van der Waals surface area (Å²) in [6, 6.07) is 15.5. The minimum atomic E-state index is -0.793. The molecule has 3 heterocycles. The van der Waals surface area contributed by atoms with Gasteiger partial charge < -0.3 is 15.5 Å². The number of nitrogens with zero attached hydrogens (tertiary/aromatic N) is 4. The van der Waals surface area contributed by atoms with E-state index in [1.807, 2.05) is 53.9 Å². The van der Waals surface area contributed by atoms with Gasteiger partial charge in [0.1, 0.15) is 0 Å². The van der Waals surface area contributed by atoms with Gasteiger partial charge in [0, 0.05) is 17.8 Å². The SMILES string of the molecule is OCC(O)CNc1cccc(-c2ccc3nnc(-c4cccs4)n3n2)c1. The van der Waals surface area contributed by atoms with Gasteiger partial charge in [-0.2, -0.15) is 9.61 Å². The summed E-state index contributed by atoms with van der Waals surface area (Å²) in [5, 5.41) is 36.6. The molecule has 0 bridgehead atoms. The first-order valence-electron chi connectivity index (χ1n) is 8.14. The van der Waals surface area contributed by atoms with E-state index in [1.54, 1.807) is 15.9 Å². The molecule has 0 amide bonds. The highest BCUT2D eigenvalue weighted by molar-refractivity contribution is 7.13. The number of anilines is 1. The molecule has 26 heavy (non-hydrogen) atoms. The molecule has 3 N–H and O–H groups in total. The fraction of sp³-hybridized carbons (Fsp3) is 0.167. The monoisotopic (exact) mass is 367 g/mol.